The Morgan fingerprint density at radius 3 is 2.65 bits per heavy atom. The van der Waals surface area contributed by atoms with E-state index in [9.17, 15) is 0 Å². The Bertz CT molecular complexity index is 652. The molecule has 0 saturated heterocycles. The number of H-pyrrole nitrogens is 1. The molecule has 5 nitrogen and oxygen atoms in total. The molecule has 0 bridgehead atoms. The number of rotatable bonds is 5. The highest BCUT2D eigenvalue weighted by Gasteiger charge is 2.01. The smallest absolute Gasteiger partial charge is 0.0650 e. The van der Waals surface area contributed by atoms with Crippen LogP contribution < -0.4 is 5.32 Å². The lowest BCUT2D eigenvalue weighted by atomic mass is 10.1. The molecule has 2 aromatic heterocycles. The lowest BCUT2D eigenvalue weighted by Crippen LogP contribution is -2.07. The van der Waals surface area contributed by atoms with Crippen molar-refractivity contribution in [2.24, 2.45) is 0 Å². The fourth-order valence-electron chi connectivity index (χ4n) is 2.17. The molecule has 0 unspecified atom stereocenters. The van der Waals surface area contributed by atoms with Crippen molar-refractivity contribution in [1.82, 2.24) is 20.0 Å². The van der Waals surface area contributed by atoms with Crippen LogP contribution in [0.3, 0.4) is 0 Å². The Kier molecular flexibility index (Phi) is 3.50. The largest absolute Gasteiger partial charge is 0.379 e. The number of nitrogens with one attached hydrogen (secondary N) is 2. The second-order valence-electron chi connectivity index (χ2n) is 4.54. The standard InChI is InChI=1S/C15H17N5/c1-2-20-14(7-10-18-20)11-16-13-5-3-12(4-6-13)15-8-9-17-19-15/h3-10,16H,2,11H2,1H3,(H,17,19). The van der Waals surface area contributed by atoms with E-state index in [1.807, 2.05) is 23.0 Å². The molecule has 2 N–H and O–H groups in total. The first-order chi connectivity index (χ1) is 9.86. The van der Waals surface area contributed by atoms with E-state index in [1.165, 1.54) is 5.69 Å². The maximum absolute atomic E-state index is 4.26. The number of aromatic nitrogens is 4. The summed E-state index contributed by atoms with van der Waals surface area (Å²) in [6.07, 6.45) is 3.59. The molecule has 20 heavy (non-hydrogen) atoms. The van der Waals surface area contributed by atoms with Gasteiger partial charge in [-0.15, -0.1) is 0 Å². The number of nitrogens with zero attached hydrogens (tertiary/aromatic N) is 3. The Balaban J connectivity index is 1.67. The molecule has 0 amide bonds. The first-order valence-electron chi connectivity index (χ1n) is 6.71. The van der Waals surface area contributed by atoms with Gasteiger partial charge in [-0.3, -0.25) is 9.78 Å². The summed E-state index contributed by atoms with van der Waals surface area (Å²) in [5.41, 5.74) is 4.44. The number of anilines is 1. The van der Waals surface area contributed by atoms with Crippen LogP contribution in [0, 0.1) is 0 Å². The van der Waals surface area contributed by atoms with Crippen LogP contribution in [0.2, 0.25) is 0 Å². The van der Waals surface area contributed by atoms with Crippen LogP contribution in [0.1, 0.15) is 12.6 Å². The van der Waals surface area contributed by atoms with E-state index < -0.39 is 0 Å². The van der Waals surface area contributed by atoms with Gasteiger partial charge in [0, 0.05) is 24.6 Å². The summed E-state index contributed by atoms with van der Waals surface area (Å²) in [6, 6.07) is 12.3. The maximum atomic E-state index is 4.26. The first-order valence-corrected chi connectivity index (χ1v) is 6.71. The normalized spacial score (nSPS) is 10.7. The van der Waals surface area contributed by atoms with Gasteiger partial charge in [0.1, 0.15) is 0 Å². The molecule has 0 aliphatic rings. The van der Waals surface area contributed by atoms with Crippen molar-refractivity contribution in [3.63, 3.8) is 0 Å². The van der Waals surface area contributed by atoms with Crippen molar-refractivity contribution < 1.29 is 0 Å². The highest BCUT2D eigenvalue weighted by Crippen LogP contribution is 2.19. The molecule has 0 aliphatic carbocycles. The van der Waals surface area contributed by atoms with Crippen molar-refractivity contribution in [1.29, 1.82) is 0 Å². The lowest BCUT2D eigenvalue weighted by molar-refractivity contribution is 0.627. The van der Waals surface area contributed by atoms with Crippen LogP contribution in [-0.2, 0) is 13.1 Å². The van der Waals surface area contributed by atoms with Gasteiger partial charge >= 0.3 is 0 Å². The van der Waals surface area contributed by atoms with Gasteiger partial charge in [-0.05, 0) is 36.8 Å². The van der Waals surface area contributed by atoms with Crippen LogP contribution in [0.15, 0.2) is 48.8 Å². The Morgan fingerprint density at radius 2 is 1.95 bits per heavy atom. The fourth-order valence-corrected chi connectivity index (χ4v) is 2.17. The van der Waals surface area contributed by atoms with E-state index in [0.717, 1.165) is 30.0 Å². The average molecular weight is 267 g/mol. The second kappa shape index (κ2) is 5.61. The summed E-state index contributed by atoms with van der Waals surface area (Å²) in [6.45, 7) is 3.76. The van der Waals surface area contributed by atoms with Gasteiger partial charge in [0.2, 0.25) is 0 Å². The monoisotopic (exact) mass is 267 g/mol. The van der Waals surface area contributed by atoms with Crippen molar-refractivity contribution in [2.75, 3.05) is 5.32 Å². The average Bonchev–Trinajstić information content (AvgIpc) is 3.16. The minimum atomic E-state index is 0.775. The van der Waals surface area contributed by atoms with Crippen LogP contribution in [-0.4, -0.2) is 20.0 Å². The molecular weight excluding hydrogens is 250 g/mol. The zero-order valence-corrected chi connectivity index (χ0v) is 11.4. The predicted molar refractivity (Wildman–Crippen MR) is 79.3 cm³/mol. The molecule has 0 radical (unpaired) electrons. The molecule has 102 valence electrons. The number of hydrogen-bond acceptors (Lipinski definition) is 3. The zero-order valence-electron chi connectivity index (χ0n) is 11.4. The molecule has 2 heterocycles. The third-order valence-electron chi connectivity index (χ3n) is 3.27. The van der Waals surface area contributed by atoms with Crippen LogP contribution in [0.25, 0.3) is 11.3 Å². The highest BCUT2D eigenvalue weighted by molar-refractivity contribution is 5.62. The van der Waals surface area contributed by atoms with Crippen molar-refractivity contribution >= 4 is 5.69 Å². The molecule has 0 aliphatic heterocycles. The van der Waals surface area contributed by atoms with E-state index in [2.05, 4.69) is 51.8 Å². The number of benzene rings is 1. The quantitative estimate of drug-likeness (QED) is 0.747. The Labute approximate surface area is 117 Å². The van der Waals surface area contributed by atoms with Gasteiger partial charge in [-0.25, -0.2) is 0 Å². The van der Waals surface area contributed by atoms with E-state index in [-0.39, 0.29) is 0 Å². The summed E-state index contributed by atoms with van der Waals surface area (Å²) >= 11 is 0. The zero-order chi connectivity index (χ0) is 13.8. The summed E-state index contributed by atoms with van der Waals surface area (Å²) in [5, 5.41) is 14.6. The lowest BCUT2D eigenvalue weighted by Gasteiger charge is -2.08. The summed E-state index contributed by atoms with van der Waals surface area (Å²) in [5.74, 6) is 0. The molecule has 3 rings (SSSR count). The van der Waals surface area contributed by atoms with E-state index >= 15 is 0 Å². The van der Waals surface area contributed by atoms with E-state index in [1.54, 1.807) is 6.20 Å². The van der Waals surface area contributed by atoms with Gasteiger partial charge in [0.15, 0.2) is 0 Å². The predicted octanol–water partition coefficient (Wildman–Crippen LogP) is 2.91. The molecule has 0 spiro atoms. The molecule has 0 fully saturated rings. The molecule has 0 atom stereocenters. The SMILES string of the molecule is CCn1nccc1CNc1ccc(-c2ccn[nH]2)cc1. The molecule has 5 heteroatoms. The fraction of sp³-hybridized carbons (Fsp3) is 0.200. The van der Waals surface area contributed by atoms with E-state index in [0.29, 0.717) is 0 Å². The van der Waals surface area contributed by atoms with Gasteiger partial charge in [-0.2, -0.15) is 10.2 Å². The third-order valence-corrected chi connectivity index (χ3v) is 3.27. The van der Waals surface area contributed by atoms with Gasteiger partial charge < -0.3 is 5.32 Å². The Hall–Kier alpha value is -2.56. The second-order valence-corrected chi connectivity index (χ2v) is 4.54. The summed E-state index contributed by atoms with van der Waals surface area (Å²) < 4.78 is 1.99. The molecular formula is C15H17N5. The number of aromatic amines is 1. The first kappa shape index (κ1) is 12.5. The van der Waals surface area contributed by atoms with Gasteiger partial charge in [0.05, 0.1) is 17.9 Å². The molecule has 1 aromatic carbocycles. The van der Waals surface area contributed by atoms with Gasteiger partial charge in [0.25, 0.3) is 0 Å². The van der Waals surface area contributed by atoms with E-state index in [4.69, 9.17) is 0 Å². The summed E-state index contributed by atoms with van der Waals surface area (Å²) in [4.78, 5) is 0. The Morgan fingerprint density at radius 1 is 1.10 bits per heavy atom. The maximum Gasteiger partial charge on any atom is 0.0650 e. The molecule has 3 aromatic rings. The van der Waals surface area contributed by atoms with Crippen LogP contribution >= 0.6 is 0 Å². The molecule has 0 saturated carbocycles. The van der Waals surface area contributed by atoms with Crippen molar-refractivity contribution in [3.05, 3.63) is 54.5 Å². The van der Waals surface area contributed by atoms with Gasteiger partial charge in [-0.1, -0.05) is 12.1 Å². The highest BCUT2D eigenvalue weighted by atomic mass is 15.3. The number of hydrogen-bond donors (Lipinski definition) is 2. The third kappa shape index (κ3) is 2.56. The van der Waals surface area contributed by atoms with Crippen LogP contribution in [0.5, 0.6) is 0 Å². The topological polar surface area (TPSA) is 58.5 Å². The van der Waals surface area contributed by atoms with Crippen molar-refractivity contribution in [3.8, 4) is 11.3 Å². The van der Waals surface area contributed by atoms with Crippen LogP contribution in [0.4, 0.5) is 5.69 Å². The minimum absolute atomic E-state index is 0.775. The van der Waals surface area contributed by atoms with Crippen molar-refractivity contribution in [2.45, 2.75) is 20.0 Å². The minimum Gasteiger partial charge on any atom is -0.379 e. The summed E-state index contributed by atoms with van der Waals surface area (Å²) in [7, 11) is 0. The number of aryl methyl sites for hydroxylation is 1.